The Morgan fingerprint density at radius 1 is 0.852 bits per heavy atom. The predicted octanol–water partition coefficient (Wildman–Crippen LogP) is 6.31. The van der Waals surface area contributed by atoms with Gasteiger partial charge in [-0.15, -0.1) is 29.3 Å². The van der Waals surface area contributed by atoms with E-state index >= 15 is 0 Å². The van der Waals surface area contributed by atoms with Gasteiger partial charge in [-0.25, -0.2) is 0 Å². The summed E-state index contributed by atoms with van der Waals surface area (Å²) in [6, 6.07) is 25.2. The summed E-state index contributed by atoms with van der Waals surface area (Å²) in [6.07, 6.45) is 1.95. The molecule has 1 aliphatic carbocycles. The van der Waals surface area contributed by atoms with Crippen molar-refractivity contribution in [2.45, 2.75) is 26.2 Å². The van der Waals surface area contributed by atoms with Crippen molar-refractivity contribution < 1.29 is 20.1 Å². The van der Waals surface area contributed by atoms with E-state index in [9.17, 15) is 0 Å². The second kappa shape index (κ2) is 6.41. The molecule has 1 nitrogen and oxygen atoms in total. The summed E-state index contributed by atoms with van der Waals surface area (Å²) in [5.74, 6) is 0. The summed E-state index contributed by atoms with van der Waals surface area (Å²) >= 11 is 0. The zero-order valence-corrected chi connectivity index (χ0v) is 18.0. The quantitative estimate of drug-likeness (QED) is 0.265. The van der Waals surface area contributed by atoms with E-state index in [0.29, 0.717) is 0 Å². The summed E-state index contributed by atoms with van der Waals surface area (Å²) < 4.78 is 0. The van der Waals surface area contributed by atoms with Crippen LogP contribution in [0.25, 0.3) is 33.2 Å². The normalized spacial score (nSPS) is 13.7. The number of hydrogen-bond acceptors (Lipinski definition) is 1. The van der Waals surface area contributed by atoms with Crippen molar-refractivity contribution in [1.82, 2.24) is 4.98 Å². The molecule has 2 heteroatoms. The molecule has 4 aromatic rings. The zero-order valence-electron chi connectivity index (χ0n) is 15.6. The van der Waals surface area contributed by atoms with E-state index in [0.717, 1.165) is 11.3 Å². The molecule has 0 bridgehead atoms. The van der Waals surface area contributed by atoms with Gasteiger partial charge in [-0.05, 0) is 34.4 Å². The Balaban J connectivity index is 0.00000180. The smallest absolute Gasteiger partial charge is 0.0239 e. The van der Waals surface area contributed by atoms with E-state index < -0.39 is 0 Å². The molecule has 0 amide bonds. The van der Waals surface area contributed by atoms with Crippen LogP contribution in [0.4, 0.5) is 0 Å². The van der Waals surface area contributed by atoms with E-state index in [1.54, 1.807) is 0 Å². The van der Waals surface area contributed by atoms with Crippen molar-refractivity contribution in [3.63, 3.8) is 0 Å². The van der Waals surface area contributed by atoms with Crippen LogP contribution in [0.5, 0.6) is 0 Å². The van der Waals surface area contributed by atoms with Gasteiger partial charge in [0.25, 0.3) is 0 Å². The first-order valence-electron chi connectivity index (χ1n) is 9.07. The van der Waals surface area contributed by atoms with Crippen molar-refractivity contribution in [2.24, 2.45) is 0 Å². The van der Waals surface area contributed by atoms with Gasteiger partial charge in [0, 0.05) is 26.3 Å². The SMILES string of the molecule is Cc1ccc2c(c1)C(C)(C)c1cc(-c3cc4ccccc4cn3)[c-]cc1-2.[Ir]. The molecule has 1 heterocycles. The number of pyridine rings is 1. The van der Waals surface area contributed by atoms with Crippen LogP contribution in [-0.2, 0) is 25.5 Å². The van der Waals surface area contributed by atoms with Gasteiger partial charge in [0.15, 0.2) is 0 Å². The topological polar surface area (TPSA) is 12.9 Å². The molecule has 0 saturated heterocycles. The molecule has 135 valence electrons. The van der Waals surface area contributed by atoms with Gasteiger partial charge in [-0.2, -0.15) is 0 Å². The van der Waals surface area contributed by atoms with Crippen LogP contribution >= 0.6 is 0 Å². The van der Waals surface area contributed by atoms with Gasteiger partial charge in [0.1, 0.15) is 0 Å². The first-order chi connectivity index (χ1) is 12.5. The minimum atomic E-state index is -0.00259. The molecule has 27 heavy (non-hydrogen) atoms. The van der Waals surface area contributed by atoms with Crippen LogP contribution < -0.4 is 0 Å². The van der Waals surface area contributed by atoms with Crippen LogP contribution in [0.1, 0.15) is 30.5 Å². The second-order valence-electron chi connectivity index (χ2n) is 7.76. The Hall–Kier alpha value is -2.28. The molecule has 0 saturated carbocycles. The minimum absolute atomic E-state index is 0. The summed E-state index contributed by atoms with van der Waals surface area (Å²) in [6.45, 7) is 6.79. The summed E-state index contributed by atoms with van der Waals surface area (Å²) in [5.41, 5.74) is 8.76. The van der Waals surface area contributed by atoms with Gasteiger partial charge in [0.2, 0.25) is 0 Å². The fourth-order valence-electron chi connectivity index (χ4n) is 4.17. The van der Waals surface area contributed by atoms with Gasteiger partial charge < -0.3 is 4.98 Å². The molecule has 0 N–H and O–H groups in total. The predicted molar refractivity (Wildman–Crippen MR) is 108 cm³/mol. The zero-order chi connectivity index (χ0) is 17.9. The molecule has 0 spiro atoms. The van der Waals surface area contributed by atoms with E-state index in [-0.39, 0.29) is 25.5 Å². The summed E-state index contributed by atoms with van der Waals surface area (Å²) in [4.78, 5) is 4.68. The van der Waals surface area contributed by atoms with Crippen LogP contribution in [-0.4, -0.2) is 4.98 Å². The number of nitrogens with zero attached hydrogens (tertiary/aromatic N) is 1. The van der Waals surface area contributed by atoms with Crippen LogP contribution in [0.3, 0.4) is 0 Å². The molecular weight excluding hydrogens is 506 g/mol. The third-order valence-corrected chi connectivity index (χ3v) is 5.67. The fourth-order valence-corrected chi connectivity index (χ4v) is 4.17. The summed E-state index contributed by atoms with van der Waals surface area (Å²) in [5, 5.41) is 2.38. The molecule has 1 aromatic heterocycles. The number of aryl methyl sites for hydroxylation is 1. The van der Waals surface area contributed by atoms with Crippen LogP contribution in [0.2, 0.25) is 0 Å². The fraction of sp³-hybridized carbons (Fsp3) is 0.160. The number of benzene rings is 3. The molecule has 0 fully saturated rings. The van der Waals surface area contributed by atoms with E-state index in [1.807, 2.05) is 12.3 Å². The maximum absolute atomic E-state index is 4.68. The molecular formula is C25H20IrN-. The Morgan fingerprint density at radius 3 is 2.41 bits per heavy atom. The van der Waals surface area contributed by atoms with Gasteiger partial charge in [-0.1, -0.05) is 79.1 Å². The van der Waals surface area contributed by atoms with E-state index in [1.165, 1.54) is 38.6 Å². The van der Waals surface area contributed by atoms with Gasteiger partial charge >= 0.3 is 0 Å². The largest absolute Gasteiger partial charge is 0.304 e. The molecule has 1 radical (unpaired) electrons. The molecule has 3 aromatic carbocycles. The maximum Gasteiger partial charge on any atom is 0.0239 e. The van der Waals surface area contributed by atoms with Crippen molar-refractivity contribution in [1.29, 1.82) is 0 Å². The van der Waals surface area contributed by atoms with Crippen molar-refractivity contribution in [3.8, 4) is 22.4 Å². The van der Waals surface area contributed by atoms with Gasteiger partial charge in [0.05, 0.1) is 0 Å². The Bertz CT molecular complexity index is 1170. The van der Waals surface area contributed by atoms with Crippen LogP contribution in [0.15, 0.2) is 66.9 Å². The number of hydrogen-bond donors (Lipinski definition) is 0. The van der Waals surface area contributed by atoms with Crippen molar-refractivity contribution >= 4 is 10.8 Å². The monoisotopic (exact) mass is 527 g/mol. The van der Waals surface area contributed by atoms with Crippen LogP contribution in [0, 0.1) is 13.0 Å². The van der Waals surface area contributed by atoms with E-state index in [4.69, 9.17) is 0 Å². The number of aromatic nitrogens is 1. The average Bonchev–Trinajstić information content (AvgIpc) is 2.88. The first kappa shape index (κ1) is 18.1. The van der Waals surface area contributed by atoms with Crippen molar-refractivity contribution in [2.75, 3.05) is 0 Å². The van der Waals surface area contributed by atoms with E-state index in [2.05, 4.69) is 86.4 Å². The second-order valence-corrected chi connectivity index (χ2v) is 7.76. The third kappa shape index (κ3) is 2.76. The Morgan fingerprint density at radius 2 is 1.59 bits per heavy atom. The molecule has 0 atom stereocenters. The average molecular weight is 527 g/mol. The molecule has 0 aliphatic heterocycles. The maximum atomic E-state index is 4.68. The Labute approximate surface area is 173 Å². The first-order valence-corrected chi connectivity index (χ1v) is 9.07. The van der Waals surface area contributed by atoms with Gasteiger partial charge in [-0.3, -0.25) is 0 Å². The molecule has 0 unspecified atom stereocenters. The standard InChI is InChI=1S/C25H20N.Ir/c1-16-8-10-20-21-11-9-18(13-23(21)25(2,3)22(20)12-16)24-14-17-6-4-5-7-19(17)15-26-24;/h4-8,10-15H,1-3H3;/q-1;. The Kier molecular flexibility index (Phi) is 4.29. The number of rotatable bonds is 1. The summed E-state index contributed by atoms with van der Waals surface area (Å²) in [7, 11) is 0. The minimum Gasteiger partial charge on any atom is -0.304 e. The third-order valence-electron chi connectivity index (χ3n) is 5.67. The molecule has 5 rings (SSSR count). The molecule has 1 aliphatic rings. The number of fused-ring (bicyclic) bond motifs is 4. The van der Waals surface area contributed by atoms with Crippen molar-refractivity contribution in [3.05, 3.63) is 89.6 Å².